The van der Waals surface area contributed by atoms with E-state index < -0.39 is 0 Å². The molecular weight excluding hydrogens is 456 g/mol. The van der Waals surface area contributed by atoms with Crippen molar-refractivity contribution >= 4 is 45.1 Å². The van der Waals surface area contributed by atoms with Gasteiger partial charge in [0.15, 0.2) is 0 Å². The minimum absolute atomic E-state index is 0.101. The van der Waals surface area contributed by atoms with E-state index in [4.69, 9.17) is 0 Å². The fourth-order valence-corrected chi connectivity index (χ4v) is 5.67. The molecule has 174 valence electrons. The predicted octanol–water partition coefficient (Wildman–Crippen LogP) is 5.27. The number of nitriles is 1. The van der Waals surface area contributed by atoms with Gasteiger partial charge in [-0.05, 0) is 41.7 Å². The summed E-state index contributed by atoms with van der Waals surface area (Å²) in [6.07, 6.45) is 6.91. The molecular formula is C28H24N4O2S. The Morgan fingerprint density at radius 2 is 1.94 bits per heavy atom. The second-order valence-corrected chi connectivity index (χ2v) is 9.58. The van der Waals surface area contributed by atoms with E-state index in [0.29, 0.717) is 42.9 Å². The van der Waals surface area contributed by atoms with Gasteiger partial charge in [-0.15, -0.1) is 11.3 Å². The number of amides is 2. The number of rotatable bonds is 6. The van der Waals surface area contributed by atoms with Gasteiger partial charge in [-0.25, -0.2) is 0 Å². The molecule has 0 fully saturated rings. The molecule has 0 bridgehead atoms. The van der Waals surface area contributed by atoms with Crippen LogP contribution < -0.4 is 5.32 Å². The lowest BCUT2D eigenvalue weighted by molar-refractivity contribution is -0.132. The van der Waals surface area contributed by atoms with Crippen molar-refractivity contribution in [2.75, 3.05) is 11.9 Å². The molecule has 35 heavy (non-hydrogen) atoms. The molecule has 2 aromatic carbocycles. The molecule has 1 aliphatic rings. The number of nitrogens with one attached hydrogen (secondary N) is 2. The third-order valence-corrected chi connectivity index (χ3v) is 7.40. The van der Waals surface area contributed by atoms with Crippen LogP contribution >= 0.6 is 11.3 Å². The van der Waals surface area contributed by atoms with Crippen LogP contribution in [0.1, 0.15) is 33.6 Å². The first-order valence-electron chi connectivity index (χ1n) is 11.5. The van der Waals surface area contributed by atoms with Crippen molar-refractivity contribution in [1.82, 2.24) is 9.88 Å². The van der Waals surface area contributed by atoms with E-state index in [-0.39, 0.29) is 11.8 Å². The quantitative estimate of drug-likeness (QED) is 0.369. The zero-order valence-electron chi connectivity index (χ0n) is 19.1. The third kappa shape index (κ3) is 4.88. The summed E-state index contributed by atoms with van der Waals surface area (Å²) in [4.78, 5) is 31.5. The number of nitrogens with zero attached hydrogens (tertiary/aromatic N) is 2. The van der Waals surface area contributed by atoms with Gasteiger partial charge in [-0.2, -0.15) is 5.26 Å². The number of para-hydroxylation sites is 1. The number of aryl methyl sites for hydroxylation is 1. The number of anilines is 1. The van der Waals surface area contributed by atoms with Crippen molar-refractivity contribution in [3.8, 4) is 6.07 Å². The van der Waals surface area contributed by atoms with Gasteiger partial charge in [-0.3, -0.25) is 9.59 Å². The number of fused-ring (bicyclic) bond motifs is 2. The summed E-state index contributed by atoms with van der Waals surface area (Å²) in [6.45, 7) is 1.05. The Bertz CT molecular complexity index is 1460. The van der Waals surface area contributed by atoms with Crippen LogP contribution in [-0.4, -0.2) is 28.2 Å². The van der Waals surface area contributed by atoms with E-state index in [0.717, 1.165) is 32.5 Å². The van der Waals surface area contributed by atoms with E-state index in [1.165, 1.54) is 17.4 Å². The second-order valence-electron chi connectivity index (χ2n) is 8.48. The number of aromatic nitrogens is 1. The van der Waals surface area contributed by atoms with Crippen molar-refractivity contribution in [2.45, 2.75) is 25.8 Å². The maximum atomic E-state index is 13.0. The number of carbonyl (C=O) groups excluding carboxylic acids is 2. The maximum Gasteiger partial charge on any atom is 0.249 e. The lowest BCUT2D eigenvalue weighted by Gasteiger charge is -2.27. The van der Waals surface area contributed by atoms with Crippen LogP contribution in [0.3, 0.4) is 0 Å². The topological polar surface area (TPSA) is 89.0 Å². The van der Waals surface area contributed by atoms with Crippen molar-refractivity contribution in [1.29, 1.82) is 5.26 Å². The summed E-state index contributed by atoms with van der Waals surface area (Å²) in [5.41, 5.74) is 4.60. The van der Waals surface area contributed by atoms with Crippen LogP contribution in [0.15, 0.2) is 66.9 Å². The second kappa shape index (κ2) is 10.00. The Labute approximate surface area is 207 Å². The molecule has 1 aliphatic heterocycles. The molecule has 0 radical (unpaired) electrons. The summed E-state index contributed by atoms with van der Waals surface area (Å²) in [5, 5.41) is 14.3. The van der Waals surface area contributed by atoms with Gasteiger partial charge in [0.25, 0.3) is 0 Å². The molecule has 0 saturated heterocycles. The van der Waals surface area contributed by atoms with E-state index in [2.05, 4.69) is 22.4 Å². The monoisotopic (exact) mass is 480 g/mol. The van der Waals surface area contributed by atoms with Crippen molar-refractivity contribution < 1.29 is 9.59 Å². The summed E-state index contributed by atoms with van der Waals surface area (Å²) in [7, 11) is 0. The maximum absolute atomic E-state index is 13.0. The first-order valence-corrected chi connectivity index (χ1v) is 12.4. The molecule has 2 N–H and O–H groups in total. The van der Waals surface area contributed by atoms with Crippen LogP contribution in [-0.2, 0) is 29.0 Å². The molecule has 0 spiro atoms. The molecule has 0 atom stereocenters. The van der Waals surface area contributed by atoms with Crippen LogP contribution in [0, 0.1) is 11.3 Å². The zero-order valence-corrected chi connectivity index (χ0v) is 19.9. The molecule has 0 unspecified atom stereocenters. The summed E-state index contributed by atoms with van der Waals surface area (Å²) in [6, 6.07) is 19.9. The number of aromatic amines is 1. The Hall–Kier alpha value is -4.15. The Balaban J connectivity index is 1.24. The van der Waals surface area contributed by atoms with Crippen LogP contribution in [0.2, 0.25) is 0 Å². The Kier molecular flexibility index (Phi) is 6.47. The fourth-order valence-electron chi connectivity index (χ4n) is 4.45. The van der Waals surface area contributed by atoms with Crippen molar-refractivity contribution in [3.05, 3.63) is 94.0 Å². The molecule has 0 aliphatic carbocycles. The van der Waals surface area contributed by atoms with Gasteiger partial charge < -0.3 is 15.2 Å². The summed E-state index contributed by atoms with van der Waals surface area (Å²) < 4.78 is 0. The van der Waals surface area contributed by atoms with E-state index >= 15 is 0 Å². The first-order chi connectivity index (χ1) is 17.1. The number of carbonyl (C=O) groups is 2. The normalized spacial score (nSPS) is 13.1. The zero-order chi connectivity index (χ0) is 24.2. The first kappa shape index (κ1) is 22.6. The van der Waals surface area contributed by atoms with Gasteiger partial charge in [0.1, 0.15) is 11.1 Å². The Morgan fingerprint density at radius 3 is 2.77 bits per heavy atom. The lowest BCUT2D eigenvalue weighted by Crippen LogP contribution is -2.35. The number of thiophene rings is 1. The number of H-pyrrole nitrogens is 1. The fraction of sp³-hybridized carbons (Fsp3) is 0.179. The third-order valence-electron chi connectivity index (χ3n) is 6.27. The van der Waals surface area contributed by atoms with Gasteiger partial charge in [-0.1, -0.05) is 48.5 Å². The Morgan fingerprint density at radius 1 is 1.14 bits per heavy atom. The van der Waals surface area contributed by atoms with Gasteiger partial charge in [0.2, 0.25) is 11.8 Å². The predicted molar refractivity (Wildman–Crippen MR) is 139 cm³/mol. The highest BCUT2D eigenvalue weighted by molar-refractivity contribution is 7.16. The van der Waals surface area contributed by atoms with Crippen molar-refractivity contribution in [3.63, 3.8) is 0 Å². The highest BCUT2D eigenvalue weighted by Gasteiger charge is 2.27. The van der Waals surface area contributed by atoms with E-state index in [1.807, 2.05) is 59.6 Å². The molecule has 3 heterocycles. The number of hydrogen-bond donors (Lipinski definition) is 2. The van der Waals surface area contributed by atoms with Gasteiger partial charge >= 0.3 is 0 Å². The molecule has 2 amide bonds. The lowest BCUT2D eigenvalue weighted by atomic mass is 10.0. The minimum atomic E-state index is -0.282. The van der Waals surface area contributed by atoms with Crippen LogP contribution in [0.4, 0.5) is 5.00 Å². The highest BCUT2D eigenvalue weighted by Crippen LogP contribution is 2.37. The molecule has 2 aromatic heterocycles. The summed E-state index contributed by atoms with van der Waals surface area (Å²) in [5.74, 6) is -0.181. The molecule has 0 saturated carbocycles. The average molecular weight is 481 g/mol. The SMILES string of the molecule is N#Cc1c(NC(=O)/C=C/c2ccccc2)sc2c1CCN(C(=O)CCc1c[nH]c3ccccc13)C2. The average Bonchev–Trinajstić information content (AvgIpc) is 3.46. The molecule has 6 nitrogen and oxygen atoms in total. The van der Waals surface area contributed by atoms with Crippen LogP contribution in [0.25, 0.3) is 17.0 Å². The summed E-state index contributed by atoms with van der Waals surface area (Å²) >= 11 is 1.39. The van der Waals surface area contributed by atoms with E-state index in [9.17, 15) is 14.9 Å². The highest BCUT2D eigenvalue weighted by atomic mass is 32.1. The smallest absolute Gasteiger partial charge is 0.249 e. The largest absolute Gasteiger partial charge is 0.361 e. The van der Waals surface area contributed by atoms with E-state index in [1.54, 1.807) is 6.08 Å². The molecule has 4 aromatic rings. The standard InChI is InChI=1S/C28H24N4O2S/c29-16-23-22-14-15-32(27(34)13-11-20-17-30-24-9-5-4-8-21(20)24)18-25(22)35-28(23)31-26(33)12-10-19-6-2-1-3-7-19/h1-10,12,17,30H,11,13-15,18H2,(H,31,33)/b12-10+. The van der Waals surface area contributed by atoms with Crippen molar-refractivity contribution in [2.24, 2.45) is 0 Å². The van der Waals surface area contributed by atoms with Crippen LogP contribution in [0.5, 0.6) is 0 Å². The van der Waals surface area contributed by atoms with Gasteiger partial charge in [0, 0.05) is 41.0 Å². The van der Waals surface area contributed by atoms with Gasteiger partial charge in [0.05, 0.1) is 12.1 Å². The number of hydrogen-bond acceptors (Lipinski definition) is 4. The molecule has 7 heteroatoms. The molecule has 5 rings (SSSR count). The number of benzene rings is 2. The minimum Gasteiger partial charge on any atom is -0.361 e.